The Labute approximate surface area is 148 Å². The van der Waals surface area contributed by atoms with Crippen LogP contribution in [0.4, 0.5) is 5.69 Å². The van der Waals surface area contributed by atoms with Crippen molar-refractivity contribution in [1.29, 1.82) is 0 Å². The summed E-state index contributed by atoms with van der Waals surface area (Å²) in [6.07, 6.45) is 3.47. The van der Waals surface area contributed by atoms with Crippen LogP contribution in [0.5, 0.6) is 0 Å². The van der Waals surface area contributed by atoms with Gasteiger partial charge >= 0.3 is 0 Å². The lowest BCUT2D eigenvalue weighted by Crippen LogP contribution is -2.46. The fourth-order valence-corrected chi connectivity index (χ4v) is 4.55. The van der Waals surface area contributed by atoms with Gasteiger partial charge in [-0.3, -0.25) is 14.7 Å². The Morgan fingerprint density at radius 2 is 2.16 bits per heavy atom. The third kappa shape index (κ3) is 2.86. The van der Waals surface area contributed by atoms with Gasteiger partial charge in [0, 0.05) is 30.3 Å². The molecule has 132 valence electrons. The maximum absolute atomic E-state index is 11.7. The maximum atomic E-state index is 11.7. The molecule has 0 aromatic carbocycles. The second-order valence-corrected chi connectivity index (χ2v) is 7.43. The SMILES string of the molecule is NC(=O)c1sc2c(c1N)=C(c1ccco1)CC(N1CCC(O)CC1)N=2. The van der Waals surface area contributed by atoms with Crippen molar-refractivity contribution in [2.24, 2.45) is 10.7 Å². The van der Waals surface area contributed by atoms with Crippen LogP contribution in [0, 0.1) is 0 Å². The molecule has 0 bridgehead atoms. The number of piperidine rings is 1. The van der Waals surface area contributed by atoms with Gasteiger partial charge in [0.1, 0.15) is 21.5 Å². The number of primary amides is 1. The monoisotopic (exact) mass is 360 g/mol. The lowest BCUT2D eigenvalue weighted by Gasteiger charge is -2.35. The molecule has 2 aliphatic heterocycles. The van der Waals surface area contributed by atoms with Crippen molar-refractivity contribution in [3.63, 3.8) is 0 Å². The van der Waals surface area contributed by atoms with E-state index in [4.69, 9.17) is 20.9 Å². The van der Waals surface area contributed by atoms with Crippen LogP contribution in [0.25, 0.3) is 5.57 Å². The lowest BCUT2D eigenvalue weighted by molar-refractivity contribution is 0.0624. The van der Waals surface area contributed by atoms with E-state index in [1.54, 1.807) is 6.26 Å². The molecule has 1 amide bonds. The number of nitrogens with zero attached hydrogens (tertiary/aromatic N) is 2. The number of likely N-dealkylation sites (tertiary alicyclic amines) is 1. The number of aliphatic hydroxyl groups is 1. The summed E-state index contributed by atoms with van der Waals surface area (Å²) in [5.41, 5.74) is 13.0. The number of furan rings is 1. The number of thiophene rings is 1. The third-order valence-electron chi connectivity index (χ3n) is 4.84. The lowest BCUT2D eigenvalue weighted by atomic mass is 10.00. The molecule has 4 heterocycles. The molecule has 4 rings (SSSR count). The first-order valence-corrected chi connectivity index (χ1v) is 9.11. The van der Waals surface area contributed by atoms with Crippen molar-refractivity contribution in [3.05, 3.63) is 38.9 Å². The van der Waals surface area contributed by atoms with E-state index >= 15 is 0 Å². The second-order valence-electron chi connectivity index (χ2n) is 6.43. The van der Waals surface area contributed by atoms with Crippen LogP contribution < -0.4 is 21.4 Å². The summed E-state index contributed by atoms with van der Waals surface area (Å²) in [5.74, 6) is 0.197. The van der Waals surface area contributed by atoms with E-state index in [0.29, 0.717) is 17.0 Å². The minimum absolute atomic E-state index is 0.0566. The molecule has 1 atom stereocenters. The Hall–Kier alpha value is -2.16. The fourth-order valence-electron chi connectivity index (χ4n) is 3.53. The molecule has 1 unspecified atom stereocenters. The number of carbonyl (C=O) groups is 1. The Kier molecular flexibility index (Phi) is 4.10. The highest BCUT2D eigenvalue weighted by molar-refractivity contribution is 7.12. The standard InChI is InChI=1S/C17H20N4O3S/c18-14-13-10(11-2-1-7-24-11)8-12(21-5-3-9(22)4-6-21)20-17(13)25-15(14)16(19)23/h1-2,7,9,12,22H,3-6,8,18H2,(H2,19,23). The minimum atomic E-state index is -0.538. The van der Waals surface area contributed by atoms with Gasteiger partial charge < -0.3 is 21.0 Å². The Bertz CT molecular complexity index is 911. The van der Waals surface area contributed by atoms with Crippen LogP contribution in [0.2, 0.25) is 0 Å². The molecule has 2 aromatic rings. The highest BCUT2D eigenvalue weighted by Gasteiger charge is 2.29. The second kappa shape index (κ2) is 6.29. The number of nitrogens with two attached hydrogens (primary N) is 2. The number of anilines is 1. The van der Waals surface area contributed by atoms with Crippen molar-refractivity contribution in [1.82, 2.24) is 4.90 Å². The molecule has 0 saturated carbocycles. The zero-order valence-electron chi connectivity index (χ0n) is 13.6. The first kappa shape index (κ1) is 16.3. The van der Waals surface area contributed by atoms with Gasteiger partial charge in [0.15, 0.2) is 0 Å². The van der Waals surface area contributed by atoms with Crippen LogP contribution in [0.15, 0.2) is 27.8 Å². The van der Waals surface area contributed by atoms with E-state index in [1.807, 2.05) is 12.1 Å². The summed E-state index contributed by atoms with van der Waals surface area (Å²) in [5, 5.41) is 10.5. The predicted molar refractivity (Wildman–Crippen MR) is 94.5 cm³/mol. The number of amides is 1. The first-order chi connectivity index (χ1) is 12.0. The minimum Gasteiger partial charge on any atom is -0.465 e. The zero-order valence-corrected chi connectivity index (χ0v) is 14.5. The van der Waals surface area contributed by atoms with E-state index in [-0.39, 0.29) is 12.3 Å². The van der Waals surface area contributed by atoms with Gasteiger partial charge in [-0.15, -0.1) is 11.3 Å². The number of fused-ring (bicyclic) bond motifs is 1. The largest absolute Gasteiger partial charge is 0.465 e. The van der Waals surface area contributed by atoms with E-state index in [1.165, 1.54) is 11.3 Å². The summed E-state index contributed by atoms with van der Waals surface area (Å²) >= 11 is 1.23. The summed E-state index contributed by atoms with van der Waals surface area (Å²) in [6, 6.07) is 3.72. The number of hydrogen-bond acceptors (Lipinski definition) is 7. The van der Waals surface area contributed by atoms with E-state index in [9.17, 15) is 9.90 Å². The maximum Gasteiger partial charge on any atom is 0.260 e. The van der Waals surface area contributed by atoms with Crippen LogP contribution in [0.1, 0.15) is 34.7 Å². The number of hydrogen-bond donors (Lipinski definition) is 3. The molecule has 0 aliphatic carbocycles. The van der Waals surface area contributed by atoms with Gasteiger partial charge in [-0.25, -0.2) is 0 Å². The molecule has 2 aromatic heterocycles. The molecule has 5 N–H and O–H groups in total. The molecule has 8 heteroatoms. The van der Waals surface area contributed by atoms with Gasteiger partial charge in [0.05, 0.1) is 18.1 Å². The van der Waals surface area contributed by atoms with Crippen molar-refractivity contribution in [2.45, 2.75) is 31.5 Å². The quantitative estimate of drug-likeness (QED) is 0.713. The highest BCUT2D eigenvalue weighted by Crippen LogP contribution is 2.26. The van der Waals surface area contributed by atoms with Crippen LogP contribution in [0.3, 0.4) is 0 Å². The van der Waals surface area contributed by atoms with Crippen LogP contribution >= 0.6 is 11.3 Å². The van der Waals surface area contributed by atoms with Crippen molar-refractivity contribution >= 4 is 28.5 Å². The number of nitrogen functional groups attached to an aromatic ring is 1. The molecule has 1 saturated heterocycles. The van der Waals surface area contributed by atoms with Crippen molar-refractivity contribution in [2.75, 3.05) is 18.8 Å². The zero-order chi connectivity index (χ0) is 17.6. The Morgan fingerprint density at radius 3 is 2.80 bits per heavy atom. The number of carbonyl (C=O) groups excluding carboxylic acids is 1. The van der Waals surface area contributed by atoms with Crippen LogP contribution in [-0.4, -0.2) is 41.3 Å². The normalized spacial score (nSPS) is 21.8. The predicted octanol–water partition coefficient (Wildman–Crippen LogP) is 0.0273. The van der Waals surface area contributed by atoms with E-state index < -0.39 is 5.91 Å². The topological polar surface area (TPSA) is 118 Å². The average Bonchev–Trinajstić information content (AvgIpc) is 3.23. The molecule has 0 spiro atoms. The molecule has 2 aliphatic rings. The van der Waals surface area contributed by atoms with Gasteiger partial charge in [-0.1, -0.05) is 0 Å². The van der Waals surface area contributed by atoms with E-state index in [0.717, 1.165) is 47.2 Å². The summed E-state index contributed by atoms with van der Waals surface area (Å²) in [6.45, 7) is 1.58. The van der Waals surface area contributed by atoms with Crippen molar-refractivity contribution in [3.8, 4) is 0 Å². The average molecular weight is 360 g/mol. The molecule has 25 heavy (non-hydrogen) atoms. The molecular weight excluding hydrogens is 340 g/mol. The summed E-state index contributed by atoms with van der Waals surface area (Å²) in [4.78, 5) is 19.1. The van der Waals surface area contributed by atoms with Crippen molar-refractivity contribution < 1.29 is 14.3 Å². The Balaban J connectivity index is 1.83. The summed E-state index contributed by atoms with van der Waals surface area (Å²) in [7, 11) is 0. The molecule has 1 fully saturated rings. The van der Waals surface area contributed by atoms with Crippen LogP contribution in [-0.2, 0) is 0 Å². The first-order valence-electron chi connectivity index (χ1n) is 8.29. The van der Waals surface area contributed by atoms with Gasteiger partial charge in [-0.2, -0.15) is 0 Å². The number of aliphatic hydroxyl groups excluding tert-OH is 1. The molecular formula is C17H20N4O3S. The van der Waals surface area contributed by atoms with E-state index in [2.05, 4.69) is 4.90 Å². The number of rotatable bonds is 3. The third-order valence-corrected chi connectivity index (χ3v) is 5.97. The van der Waals surface area contributed by atoms with Gasteiger partial charge in [0.2, 0.25) is 0 Å². The fraction of sp³-hybridized carbons (Fsp3) is 0.412. The Morgan fingerprint density at radius 1 is 1.40 bits per heavy atom. The van der Waals surface area contributed by atoms with Gasteiger partial charge in [0.25, 0.3) is 5.91 Å². The van der Waals surface area contributed by atoms with Gasteiger partial charge in [-0.05, 0) is 25.0 Å². The summed E-state index contributed by atoms with van der Waals surface area (Å²) < 4.78 is 6.33. The molecule has 0 radical (unpaired) electrons. The highest BCUT2D eigenvalue weighted by atomic mass is 32.1. The molecule has 7 nitrogen and oxygen atoms in total. The smallest absolute Gasteiger partial charge is 0.260 e.